The van der Waals surface area contributed by atoms with Crippen LogP contribution in [0.4, 0.5) is 10.1 Å². The van der Waals surface area contributed by atoms with E-state index < -0.39 is 40.5 Å². The normalized spacial score (nSPS) is 21.8. The van der Waals surface area contributed by atoms with Gasteiger partial charge < -0.3 is 30.3 Å². The minimum atomic E-state index is -1.34. The van der Waals surface area contributed by atoms with Gasteiger partial charge in [0.1, 0.15) is 32.8 Å². The van der Waals surface area contributed by atoms with E-state index >= 15 is 4.39 Å². The highest BCUT2D eigenvalue weighted by molar-refractivity contribution is 8.23. The van der Waals surface area contributed by atoms with Gasteiger partial charge in [-0.25, -0.2) is 14.0 Å². The molecule has 256 valence electrons. The smallest absolute Gasteiger partial charge is 0.352 e. The van der Waals surface area contributed by atoms with Gasteiger partial charge in [-0.2, -0.15) is 0 Å². The summed E-state index contributed by atoms with van der Waals surface area (Å²) in [6.45, 7) is 0.940. The molecule has 3 aromatic rings. The standard InChI is InChI=1S/C32H30FN5O7S4/c33-21-9-19-22(37(17-3-4-17)12-20(27(19)40)30(42)43)10-23(21)36-6-5-16(11-36)34-32(46)49-14-15-13-48-29-25(28(41)38(29)26(15)31(44)45)35-24(39)8-18-2-1-7-47-18/h1-2,7,9-10,12,16-17,25,29H,3-6,8,11,13-14H2,(H,34,46)(H,35,39)(H,42,43)(H,44,45). The second-order valence-corrected chi connectivity index (χ2v) is 16.0. The van der Waals surface area contributed by atoms with Crippen molar-refractivity contribution in [1.29, 1.82) is 0 Å². The third-order valence-electron chi connectivity index (χ3n) is 8.98. The lowest BCUT2D eigenvalue weighted by Gasteiger charge is -2.49. The van der Waals surface area contributed by atoms with Crippen LogP contribution in [0.25, 0.3) is 10.9 Å². The Bertz CT molecular complexity index is 2000. The van der Waals surface area contributed by atoms with Crippen molar-refractivity contribution in [2.24, 2.45) is 0 Å². The van der Waals surface area contributed by atoms with Crippen LogP contribution in [0.1, 0.15) is 40.5 Å². The monoisotopic (exact) mass is 743 g/mol. The van der Waals surface area contributed by atoms with Gasteiger partial charge in [0.2, 0.25) is 11.3 Å². The lowest BCUT2D eigenvalue weighted by molar-refractivity contribution is -0.150. The number of nitrogens with one attached hydrogen (secondary N) is 2. The first kappa shape index (κ1) is 33.6. The van der Waals surface area contributed by atoms with E-state index in [4.69, 9.17) is 12.2 Å². The first-order valence-electron chi connectivity index (χ1n) is 15.5. The number of amides is 2. The number of rotatable bonds is 10. The molecule has 3 aliphatic heterocycles. The average molecular weight is 744 g/mol. The van der Waals surface area contributed by atoms with Crippen molar-refractivity contribution in [1.82, 2.24) is 20.1 Å². The van der Waals surface area contributed by atoms with E-state index in [1.165, 1.54) is 46.0 Å². The van der Waals surface area contributed by atoms with Gasteiger partial charge in [-0.05, 0) is 48.4 Å². The third-order valence-corrected chi connectivity index (χ3v) is 12.5. The minimum absolute atomic E-state index is 0.0380. The molecule has 3 unspecified atom stereocenters. The second-order valence-electron chi connectivity index (χ2n) is 12.3. The number of carbonyl (C=O) groups is 4. The van der Waals surface area contributed by atoms with Crippen LogP contribution < -0.4 is 21.0 Å². The van der Waals surface area contributed by atoms with Crippen LogP contribution in [0.3, 0.4) is 0 Å². The quantitative estimate of drug-likeness (QED) is 0.177. The Kier molecular flexibility index (Phi) is 9.19. The summed E-state index contributed by atoms with van der Waals surface area (Å²) >= 11 is 9.68. The number of hydrogen-bond donors (Lipinski definition) is 4. The Morgan fingerprint density at radius 2 is 1.90 bits per heavy atom. The topological polar surface area (TPSA) is 161 Å². The Morgan fingerprint density at radius 3 is 2.59 bits per heavy atom. The summed E-state index contributed by atoms with van der Waals surface area (Å²) in [6.07, 6.45) is 3.85. The number of nitrogens with zero attached hydrogens (tertiary/aromatic N) is 3. The number of aromatic carboxylic acids is 1. The molecule has 5 heterocycles. The molecule has 0 bridgehead atoms. The van der Waals surface area contributed by atoms with E-state index in [0.29, 0.717) is 46.4 Å². The summed E-state index contributed by atoms with van der Waals surface area (Å²) < 4.78 is 17.6. The number of β-lactam (4-membered cyclic amide) rings is 1. The molecule has 2 aromatic heterocycles. The van der Waals surface area contributed by atoms with Crippen molar-refractivity contribution in [2.45, 2.75) is 49.2 Å². The molecule has 1 saturated carbocycles. The first-order chi connectivity index (χ1) is 23.5. The number of benzene rings is 1. The number of carboxylic acid groups (broad SMARTS) is 2. The number of fused-ring (bicyclic) bond motifs is 2. The fraction of sp³-hybridized carbons (Fsp3) is 0.375. The molecule has 0 radical (unpaired) electrons. The van der Waals surface area contributed by atoms with Gasteiger partial charge in [0.25, 0.3) is 5.91 Å². The fourth-order valence-corrected chi connectivity index (χ4v) is 9.77. The van der Waals surface area contributed by atoms with Crippen LogP contribution in [-0.2, 0) is 20.8 Å². The van der Waals surface area contributed by atoms with Crippen LogP contribution in [0.5, 0.6) is 0 Å². The Balaban J connectivity index is 0.976. The van der Waals surface area contributed by atoms with E-state index in [9.17, 15) is 34.2 Å². The molecular formula is C32H30FN5O7S4. The van der Waals surface area contributed by atoms with E-state index in [0.717, 1.165) is 23.8 Å². The predicted molar refractivity (Wildman–Crippen MR) is 190 cm³/mol. The summed E-state index contributed by atoms with van der Waals surface area (Å²) in [6, 6.07) is 5.59. The molecule has 2 amide bonds. The maximum absolute atomic E-state index is 15.4. The SMILES string of the molecule is O=C(Cc1cccs1)NC1C(=O)N2C(C(=O)O)=C(CSC(=S)NC3CCN(c4cc5c(cc4F)c(=O)c(C(=O)O)cn5C4CC4)C3)CSC12. The molecule has 0 spiro atoms. The molecule has 3 fully saturated rings. The Morgan fingerprint density at radius 1 is 1.10 bits per heavy atom. The van der Waals surface area contributed by atoms with Crippen molar-refractivity contribution in [2.75, 3.05) is 29.5 Å². The van der Waals surface area contributed by atoms with Gasteiger partial charge in [0.05, 0.1) is 17.6 Å². The number of halogens is 1. The molecular weight excluding hydrogens is 714 g/mol. The van der Waals surface area contributed by atoms with Crippen LogP contribution in [-0.4, -0.2) is 89.8 Å². The second kappa shape index (κ2) is 13.4. The molecule has 3 atom stereocenters. The summed E-state index contributed by atoms with van der Waals surface area (Å²) in [7, 11) is 0. The number of aromatic nitrogens is 1. The summed E-state index contributed by atoms with van der Waals surface area (Å²) in [4.78, 5) is 66.3. The number of carboxylic acids is 2. The Labute approximate surface area is 296 Å². The lowest BCUT2D eigenvalue weighted by Crippen LogP contribution is -2.70. The van der Waals surface area contributed by atoms with E-state index in [1.54, 1.807) is 10.6 Å². The highest BCUT2D eigenvalue weighted by Crippen LogP contribution is 2.41. The molecule has 17 heteroatoms. The number of aliphatic carboxylic acids is 1. The van der Waals surface area contributed by atoms with Crippen molar-refractivity contribution in [3.63, 3.8) is 0 Å². The van der Waals surface area contributed by atoms with Crippen LogP contribution in [0.2, 0.25) is 0 Å². The maximum atomic E-state index is 15.4. The number of hydrogen-bond acceptors (Lipinski definition) is 10. The molecule has 2 saturated heterocycles. The highest BCUT2D eigenvalue weighted by Gasteiger charge is 2.54. The van der Waals surface area contributed by atoms with E-state index in [1.807, 2.05) is 22.4 Å². The van der Waals surface area contributed by atoms with E-state index in [2.05, 4.69) is 10.6 Å². The highest BCUT2D eigenvalue weighted by atomic mass is 32.2. The van der Waals surface area contributed by atoms with Crippen LogP contribution in [0.15, 0.2) is 51.9 Å². The third kappa shape index (κ3) is 6.56. The maximum Gasteiger partial charge on any atom is 0.352 e. The summed E-state index contributed by atoms with van der Waals surface area (Å²) in [5, 5.41) is 27.0. The van der Waals surface area contributed by atoms with Gasteiger partial charge in [0, 0.05) is 53.1 Å². The largest absolute Gasteiger partial charge is 0.477 e. The zero-order chi connectivity index (χ0) is 34.6. The summed E-state index contributed by atoms with van der Waals surface area (Å²) in [5.74, 6) is -3.31. The van der Waals surface area contributed by atoms with Gasteiger partial charge in [-0.1, -0.05) is 30.0 Å². The zero-order valence-electron chi connectivity index (χ0n) is 25.7. The molecule has 1 aliphatic carbocycles. The van der Waals surface area contributed by atoms with Crippen molar-refractivity contribution in [3.8, 4) is 0 Å². The van der Waals surface area contributed by atoms with Crippen molar-refractivity contribution in [3.05, 3.63) is 73.6 Å². The number of thiocarbonyl (C=S) groups is 1. The number of thioether (sulfide) groups is 2. The fourth-order valence-electron chi connectivity index (χ4n) is 6.46. The van der Waals surface area contributed by atoms with Crippen LogP contribution in [0, 0.1) is 5.82 Å². The zero-order valence-corrected chi connectivity index (χ0v) is 29.0. The van der Waals surface area contributed by atoms with Crippen molar-refractivity contribution < 1.29 is 33.8 Å². The van der Waals surface area contributed by atoms with Gasteiger partial charge in [-0.3, -0.25) is 19.3 Å². The predicted octanol–water partition coefficient (Wildman–Crippen LogP) is 3.40. The van der Waals surface area contributed by atoms with Crippen LogP contribution >= 0.6 is 47.1 Å². The van der Waals surface area contributed by atoms with Crippen molar-refractivity contribution >= 4 is 91.7 Å². The number of carbonyl (C=O) groups excluding carboxylic acids is 2. The number of anilines is 1. The molecule has 1 aromatic carbocycles. The molecule has 4 N–H and O–H groups in total. The minimum Gasteiger partial charge on any atom is -0.477 e. The summed E-state index contributed by atoms with van der Waals surface area (Å²) in [5.41, 5.74) is 0.203. The lowest BCUT2D eigenvalue weighted by atomic mass is 10.0. The average Bonchev–Trinajstić information content (AvgIpc) is 3.58. The molecule has 7 rings (SSSR count). The molecule has 12 nitrogen and oxygen atoms in total. The number of thiophene rings is 1. The number of pyridine rings is 1. The molecule has 4 aliphatic rings. The first-order valence-corrected chi connectivity index (χ1v) is 18.8. The van der Waals surface area contributed by atoms with E-state index in [-0.39, 0.29) is 46.8 Å². The van der Waals surface area contributed by atoms with Gasteiger partial charge in [0.15, 0.2) is 0 Å². The van der Waals surface area contributed by atoms with Gasteiger partial charge >= 0.3 is 11.9 Å². The van der Waals surface area contributed by atoms with Gasteiger partial charge in [-0.15, -0.1) is 23.1 Å². The Hall–Kier alpha value is -3.93. The molecule has 49 heavy (non-hydrogen) atoms.